The molecule has 0 aromatic heterocycles. The van der Waals surface area contributed by atoms with Crippen LogP contribution >= 0.6 is 0 Å². The van der Waals surface area contributed by atoms with Crippen LogP contribution in [0.5, 0.6) is 0 Å². The molecule has 2 atom stereocenters. The van der Waals surface area contributed by atoms with Crippen molar-refractivity contribution < 1.29 is 8.42 Å². The Kier molecular flexibility index (Phi) is 3.52. The van der Waals surface area contributed by atoms with Gasteiger partial charge in [0, 0.05) is 36.8 Å². The predicted octanol–water partition coefficient (Wildman–Crippen LogP) is 2.96. The number of sulfonamides is 1. The summed E-state index contributed by atoms with van der Waals surface area (Å²) in [6.45, 7) is 1.55. The van der Waals surface area contributed by atoms with Crippen LogP contribution in [0.3, 0.4) is 0 Å². The highest BCUT2D eigenvalue weighted by atomic mass is 32.2. The van der Waals surface area contributed by atoms with Crippen molar-refractivity contribution in [3.63, 3.8) is 0 Å². The molecule has 0 amide bonds. The minimum Gasteiger partial charge on any atom is -0.294 e. The number of rotatable bonds is 4. The fourth-order valence-corrected chi connectivity index (χ4v) is 6.36. The molecule has 130 valence electrons. The van der Waals surface area contributed by atoms with Crippen molar-refractivity contribution in [1.29, 1.82) is 0 Å². The van der Waals surface area contributed by atoms with Gasteiger partial charge in [-0.3, -0.25) is 4.90 Å². The van der Waals surface area contributed by atoms with Crippen molar-refractivity contribution in [3.8, 4) is 11.1 Å². The number of likely N-dealkylation sites (tertiary alicyclic amines) is 1. The van der Waals surface area contributed by atoms with Gasteiger partial charge < -0.3 is 0 Å². The Hall–Kier alpha value is -1.69. The van der Waals surface area contributed by atoms with Gasteiger partial charge in [0.1, 0.15) is 0 Å². The molecule has 2 aromatic rings. The molecule has 2 aromatic carbocycles. The van der Waals surface area contributed by atoms with Crippen LogP contribution in [0, 0.1) is 0 Å². The first-order valence-electron chi connectivity index (χ1n) is 9.06. The topological polar surface area (TPSA) is 40.6 Å². The highest BCUT2D eigenvalue weighted by Crippen LogP contribution is 2.42. The highest BCUT2D eigenvalue weighted by molar-refractivity contribution is 7.89. The summed E-state index contributed by atoms with van der Waals surface area (Å²) in [6, 6.07) is 18.5. The van der Waals surface area contributed by atoms with Gasteiger partial charge >= 0.3 is 0 Å². The molecule has 2 bridgehead atoms. The van der Waals surface area contributed by atoms with Crippen LogP contribution in [0.25, 0.3) is 11.1 Å². The van der Waals surface area contributed by atoms with E-state index in [-0.39, 0.29) is 6.04 Å². The van der Waals surface area contributed by atoms with Crippen molar-refractivity contribution in [2.75, 3.05) is 13.1 Å². The van der Waals surface area contributed by atoms with Gasteiger partial charge in [-0.05, 0) is 30.9 Å². The summed E-state index contributed by atoms with van der Waals surface area (Å²) >= 11 is 0. The third-order valence-electron chi connectivity index (χ3n) is 5.81. The van der Waals surface area contributed by atoms with E-state index in [1.807, 2.05) is 48.5 Å². The Morgan fingerprint density at radius 1 is 0.800 bits per heavy atom. The molecule has 1 aliphatic carbocycles. The first-order valence-corrected chi connectivity index (χ1v) is 10.5. The lowest BCUT2D eigenvalue weighted by molar-refractivity contribution is 0.173. The molecule has 0 N–H and O–H groups in total. The average Bonchev–Trinajstić information content (AvgIpc) is 3.30. The molecule has 5 heteroatoms. The van der Waals surface area contributed by atoms with Gasteiger partial charge in [0.2, 0.25) is 10.0 Å². The predicted molar refractivity (Wildman–Crippen MR) is 97.7 cm³/mol. The second-order valence-electron chi connectivity index (χ2n) is 7.41. The summed E-state index contributed by atoms with van der Waals surface area (Å²) < 4.78 is 28.6. The van der Waals surface area contributed by atoms with Crippen LogP contribution in [-0.2, 0) is 10.0 Å². The van der Waals surface area contributed by atoms with Crippen molar-refractivity contribution in [2.24, 2.45) is 0 Å². The van der Waals surface area contributed by atoms with Crippen LogP contribution in [-0.4, -0.2) is 48.8 Å². The van der Waals surface area contributed by atoms with E-state index in [1.165, 1.54) is 12.8 Å². The maximum Gasteiger partial charge on any atom is 0.244 e. The number of hydrogen-bond acceptors (Lipinski definition) is 3. The van der Waals surface area contributed by atoms with Gasteiger partial charge in [0.15, 0.2) is 0 Å². The highest BCUT2D eigenvalue weighted by Gasteiger charge is 2.51. The lowest BCUT2D eigenvalue weighted by Crippen LogP contribution is -2.49. The standard InChI is InChI=1S/C20H22N2O2S/c23-25(24,22-14-17-12-18(22)13-21(17)16-10-11-16)20-9-5-4-8-19(20)15-6-2-1-3-7-15/h1-9,16-18H,10-14H2/t17-,18-/m0/s1. The summed E-state index contributed by atoms with van der Waals surface area (Å²) in [5.74, 6) is 0. The Bertz CT molecular complexity index is 893. The van der Waals surface area contributed by atoms with Gasteiger partial charge in [-0.2, -0.15) is 4.31 Å². The fraction of sp³-hybridized carbons (Fsp3) is 0.400. The number of fused-ring (bicyclic) bond motifs is 2. The molecule has 0 spiro atoms. The first-order chi connectivity index (χ1) is 12.1. The molecule has 2 saturated heterocycles. The van der Waals surface area contributed by atoms with Gasteiger partial charge in [-0.15, -0.1) is 0 Å². The molecule has 4 nitrogen and oxygen atoms in total. The van der Waals surface area contributed by atoms with E-state index in [4.69, 9.17) is 0 Å². The zero-order chi connectivity index (χ0) is 17.0. The molecular weight excluding hydrogens is 332 g/mol. The smallest absolute Gasteiger partial charge is 0.244 e. The minimum absolute atomic E-state index is 0.138. The zero-order valence-electron chi connectivity index (χ0n) is 14.1. The van der Waals surface area contributed by atoms with Crippen molar-refractivity contribution in [2.45, 2.75) is 42.3 Å². The van der Waals surface area contributed by atoms with Crippen LogP contribution in [0.4, 0.5) is 0 Å². The molecule has 2 heterocycles. The molecule has 1 saturated carbocycles. The third-order valence-corrected chi connectivity index (χ3v) is 7.78. The van der Waals surface area contributed by atoms with E-state index >= 15 is 0 Å². The quantitative estimate of drug-likeness (QED) is 0.848. The molecule has 0 unspecified atom stereocenters. The van der Waals surface area contributed by atoms with Crippen LogP contribution < -0.4 is 0 Å². The van der Waals surface area contributed by atoms with E-state index in [9.17, 15) is 8.42 Å². The van der Waals surface area contributed by atoms with Crippen LogP contribution in [0.15, 0.2) is 59.5 Å². The molecule has 2 aliphatic heterocycles. The van der Waals surface area contributed by atoms with E-state index in [1.54, 1.807) is 10.4 Å². The van der Waals surface area contributed by atoms with Crippen molar-refractivity contribution in [1.82, 2.24) is 9.21 Å². The number of hydrogen-bond donors (Lipinski definition) is 0. The van der Waals surface area contributed by atoms with Crippen molar-refractivity contribution in [3.05, 3.63) is 54.6 Å². The maximum atomic E-state index is 13.4. The average molecular weight is 354 g/mol. The summed E-state index contributed by atoms with van der Waals surface area (Å²) in [7, 11) is -3.47. The molecule has 3 fully saturated rings. The van der Waals surface area contributed by atoms with Gasteiger partial charge in [0.25, 0.3) is 0 Å². The van der Waals surface area contributed by atoms with E-state index in [2.05, 4.69) is 4.90 Å². The molecule has 0 radical (unpaired) electrons. The van der Waals surface area contributed by atoms with Crippen molar-refractivity contribution >= 4 is 10.0 Å². The van der Waals surface area contributed by atoms with Crippen LogP contribution in [0.1, 0.15) is 19.3 Å². The van der Waals surface area contributed by atoms with Gasteiger partial charge in [-0.1, -0.05) is 48.5 Å². The Morgan fingerprint density at radius 2 is 1.52 bits per heavy atom. The van der Waals surface area contributed by atoms with Gasteiger partial charge in [0.05, 0.1) is 4.90 Å². The van der Waals surface area contributed by atoms with Gasteiger partial charge in [-0.25, -0.2) is 8.42 Å². The second kappa shape index (κ2) is 5.66. The largest absolute Gasteiger partial charge is 0.294 e. The number of nitrogens with zero attached hydrogens (tertiary/aromatic N) is 2. The minimum atomic E-state index is -3.47. The Balaban J connectivity index is 1.50. The monoisotopic (exact) mass is 354 g/mol. The number of benzene rings is 2. The SMILES string of the molecule is O=S(=O)(c1ccccc1-c1ccccc1)N1C[C@@H]2C[C@H]1CN2C1CC1. The van der Waals surface area contributed by atoms with E-state index in [0.717, 1.165) is 30.1 Å². The fourth-order valence-electron chi connectivity index (χ4n) is 4.48. The third kappa shape index (κ3) is 2.53. The summed E-state index contributed by atoms with van der Waals surface area (Å²) in [5.41, 5.74) is 1.75. The normalized spacial score (nSPS) is 27.0. The first kappa shape index (κ1) is 15.6. The Morgan fingerprint density at radius 3 is 2.20 bits per heavy atom. The lowest BCUT2D eigenvalue weighted by Gasteiger charge is -2.33. The summed E-state index contributed by atoms with van der Waals surface area (Å²) in [4.78, 5) is 2.98. The zero-order valence-corrected chi connectivity index (χ0v) is 14.9. The molecule has 5 rings (SSSR count). The molecular formula is C20H22N2O2S. The maximum absolute atomic E-state index is 13.4. The number of piperazine rings is 1. The molecule has 3 aliphatic rings. The Labute approximate surface area is 149 Å². The van der Waals surface area contributed by atoms with Crippen LogP contribution in [0.2, 0.25) is 0 Å². The van der Waals surface area contributed by atoms with E-state index < -0.39 is 10.0 Å². The van der Waals surface area contributed by atoms with E-state index in [0.29, 0.717) is 17.5 Å². The second-order valence-corrected chi connectivity index (χ2v) is 9.27. The summed E-state index contributed by atoms with van der Waals surface area (Å²) in [5, 5.41) is 0. The lowest BCUT2D eigenvalue weighted by atomic mass is 10.1. The molecule has 25 heavy (non-hydrogen) atoms. The summed E-state index contributed by atoms with van der Waals surface area (Å²) in [6.07, 6.45) is 3.56.